The molecule has 1 nitrogen and oxygen atoms in total. The number of rotatable bonds is 29. The monoisotopic (exact) mass is 733 g/mol. The second kappa shape index (κ2) is 24.6. The summed E-state index contributed by atoms with van der Waals surface area (Å²) in [6.45, 7) is 5.30. The zero-order chi connectivity index (χ0) is 37.6. The minimum Gasteiger partial charge on any atom is -0.493 e. The van der Waals surface area contributed by atoms with Gasteiger partial charge < -0.3 is 4.74 Å². The fraction of sp³-hybridized carbons (Fsp3) is 0.633. The van der Waals surface area contributed by atoms with Gasteiger partial charge >= 0.3 is 6.18 Å². The average molecular weight is 733 g/mol. The van der Waals surface area contributed by atoms with Gasteiger partial charge in [0.25, 0.3) is 0 Å². The van der Waals surface area contributed by atoms with Crippen molar-refractivity contribution in [2.75, 3.05) is 6.61 Å². The summed E-state index contributed by atoms with van der Waals surface area (Å²) in [5, 5.41) is 0. The minimum absolute atomic E-state index is 0.299. The molecule has 0 radical (unpaired) electrons. The molecule has 0 spiro atoms. The third-order valence-corrected chi connectivity index (χ3v) is 11.6. The number of benzene rings is 3. The molecule has 0 heterocycles. The fourth-order valence-corrected chi connectivity index (χ4v) is 8.36. The Morgan fingerprint density at radius 3 is 1.40 bits per heavy atom. The highest BCUT2D eigenvalue weighted by Crippen LogP contribution is 2.46. The second-order valence-corrected chi connectivity index (χ2v) is 16.1. The zero-order valence-corrected chi connectivity index (χ0v) is 33.5. The third kappa shape index (κ3) is 15.9. The number of para-hydroxylation sites is 1. The van der Waals surface area contributed by atoms with E-state index in [0.29, 0.717) is 6.42 Å². The van der Waals surface area contributed by atoms with E-state index in [-0.39, 0.29) is 0 Å². The standard InChI is InChI=1S/C49H71F3O/c1-40-38-45-43-33-27-26-32-42(43)39-46(45)48(41(40)2)44-34-28-29-35-47(44)53-37-31-25-23-21-19-17-15-13-11-9-7-5-3-4-6-8-10-12-14-16-18-20-22-24-30-36-49(50,51)52/h26-29,32-35,38H,3-25,30-31,36-37,39H2,1-2H3. The van der Waals surface area contributed by atoms with Crippen LogP contribution in [0.25, 0.3) is 22.3 Å². The molecule has 53 heavy (non-hydrogen) atoms. The van der Waals surface area contributed by atoms with E-state index in [9.17, 15) is 13.2 Å². The molecule has 1 aliphatic carbocycles. The Bertz CT molecular complexity index is 1440. The molecule has 0 amide bonds. The molecule has 0 N–H and O–H groups in total. The zero-order valence-electron chi connectivity index (χ0n) is 33.5. The van der Waals surface area contributed by atoms with Crippen LogP contribution in [0, 0.1) is 13.8 Å². The van der Waals surface area contributed by atoms with Gasteiger partial charge in [-0.3, -0.25) is 0 Å². The molecule has 0 unspecified atom stereocenters. The van der Waals surface area contributed by atoms with Crippen molar-refractivity contribution < 1.29 is 17.9 Å². The predicted molar refractivity (Wildman–Crippen MR) is 221 cm³/mol. The first-order valence-corrected chi connectivity index (χ1v) is 21.9. The molecule has 0 saturated carbocycles. The lowest BCUT2D eigenvalue weighted by atomic mass is 9.88. The van der Waals surface area contributed by atoms with E-state index in [1.54, 1.807) is 0 Å². The van der Waals surface area contributed by atoms with Gasteiger partial charge in [-0.2, -0.15) is 13.2 Å². The lowest BCUT2D eigenvalue weighted by molar-refractivity contribution is -0.135. The molecule has 3 aromatic carbocycles. The van der Waals surface area contributed by atoms with Crippen molar-refractivity contribution in [3.8, 4) is 28.0 Å². The molecular weight excluding hydrogens is 662 g/mol. The van der Waals surface area contributed by atoms with Crippen molar-refractivity contribution in [1.82, 2.24) is 0 Å². The lowest BCUT2D eigenvalue weighted by Crippen LogP contribution is -2.06. The third-order valence-electron chi connectivity index (χ3n) is 11.6. The van der Waals surface area contributed by atoms with E-state index in [1.807, 2.05) is 0 Å². The summed E-state index contributed by atoms with van der Waals surface area (Å²) < 4.78 is 42.9. The van der Waals surface area contributed by atoms with Gasteiger partial charge in [-0.05, 0) is 78.1 Å². The highest BCUT2D eigenvalue weighted by molar-refractivity contribution is 5.89. The first-order valence-electron chi connectivity index (χ1n) is 21.9. The summed E-state index contributed by atoms with van der Waals surface area (Å²) in [4.78, 5) is 0. The summed E-state index contributed by atoms with van der Waals surface area (Å²) in [5.41, 5.74) is 11.0. The molecule has 4 heteroatoms. The molecule has 0 aliphatic heterocycles. The maximum atomic E-state index is 12.1. The minimum atomic E-state index is -3.98. The molecular formula is C49H71F3O. The van der Waals surface area contributed by atoms with Crippen molar-refractivity contribution in [3.05, 3.63) is 76.9 Å². The molecule has 0 atom stereocenters. The molecule has 0 saturated heterocycles. The number of aryl methyl sites for hydroxylation is 1. The van der Waals surface area contributed by atoms with E-state index in [0.717, 1.165) is 44.5 Å². The first kappa shape index (κ1) is 43.0. The molecule has 4 rings (SSSR count). The van der Waals surface area contributed by atoms with E-state index in [1.165, 1.54) is 173 Å². The Labute approximate surface area is 321 Å². The van der Waals surface area contributed by atoms with E-state index in [4.69, 9.17) is 4.74 Å². The maximum Gasteiger partial charge on any atom is 0.389 e. The van der Waals surface area contributed by atoms with Crippen LogP contribution in [0.4, 0.5) is 13.2 Å². The summed E-state index contributed by atoms with van der Waals surface area (Å²) in [5.74, 6) is 1.02. The number of alkyl halides is 3. The Morgan fingerprint density at radius 1 is 0.491 bits per heavy atom. The fourth-order valence-electron chi connectivity index (χ4n) is 8.36. The van der Waals surface area contributed by atoms with Crippen molar-refractivity contribution >= 4 is 0 Å². The average Bonchev–Trinajstić information content (AvgIpc) is 3.50. The number of hydrogen-bond acceptors (Lipinski definition) is 1. The van der Waals surface area contributed by atoms with Gasteiger partial charge in [0.05, 0.1) is 6.61 Å². The topological polar surface area (TPSA) is 9.23 Å². The number of unbranched alkanes of at least 4 members (excludes halogenated alkanes) is 24. The maximum absolute atomic E-state index is 12.1. The molecule has 3 aromatic rings. The largest absolute Gasteiger partial charge is 0.493 e. The molecule has 0 aromatic heterocycles. The van der Waals surface area contributed by atoms with Gasteiger partial charge in [0.2, 0.25) is 0 Å². The van der Waals surface area contributed by atoms with Crippen molar-refractivity contribution in [2.24, 2.45) is 0 Å². The van der Waals surface area contributed by atoms with Crippen LogP contribution in [0.1, 0.15) is 189 Å². The molecule has 1 aliphatic rings. The van der Waals surface area contributed by atoms with Crippen molar-refractivity contribution in [1.29, 1.82) is 0 Å². The number of halogens is 3. The van der Waals surface area contributed by atoms with Gasteiger partial charge in [0, 0.05) is 12.0 Å². The number of hydrogen-bond donors (Lipinski definition) is 0. The molecule has 0 bridgehead atoms. The van der Waals surface area contributed by atoms with E-state index < -0.39 is 12.6 Å². The van der Waals surface area contributed by atoms with Gasteiger partial charge in [0.15, 0.2) is 0 Å². The summed E-state index contributed by atoms with van der Waals surface area (Å²) >= 11 is 0. The van der Waals surface area contributed by atoms with Crippen molar-refractivity contribution in [2.45, 2.75) is 193 Å². The quantitative estimate of drug-likeness (QED) is 0.0505. The Kier molecular flexibility index (Phi) is 20.0. The number of ether oxygens (including phenoxy) is 1. The van der Waals surface area contributed by atoms with Gasteiger partial charge in [0.1, 0.15) is 5.75 Å². The van der Waals surface area contributed by atoms with Crippen LogP contribution in [-0.4, -0.2) is 12.8 Å². The van der Waals surface area contributed by atoms with Crippen LogP contribution in [0.5, 0.6) is 5.75 Å². The SMILES string of the molecule is Cc1cc2c(c(-c3ccccc3OCCCCCCCCCCCCCCCCCCCCCCCCCCCC(F)(F)F)c1C)Cc1ccccc1-2. The highest BCUT2D eigenvalue weighted by atomic mass is 19.4. The van der Waals surface area contributed by atoms with Gasteiger partial charge in [-0.15, -0.1) is 0 Å². The Hall–Kier alpha value is -2.75. The van der Waals surface area contributed by atoms with E-state index >= 15 is 0 Å². The first-order chi connectivity index (χ1) is 25.8. The van der Waals surface area contributed by atoms with Crippen LogP contribution in [0.3, 0.4) is 0 Å². The van der Waals surface area contributed by atoms with Gasteiger partial charge in [-0.25, -0.2) is 0 Å². The second-order valence-electron chi connectivity index (χ2n) is 16.1. The van der Waals surface area contributed by atoms with Crippen LogP contribution in [0.15, 0.2) is 54.6 Å². The van der Waals surface area contributed by atoms with E-state index in [2.05, 4.69) is 68.4 Å². The van der Waals surface area contributed by atoms with Crippen LogP contribution in [0.2, 0.25) is 0 Å². The Morgan fingerprint density at radius 2 is 0.906 bits per heavy atom. The summed E-state index contributed by atoms with van der Waals surface area (Å²) in [6.07, 6.45) is 27.6. The highest BCUT2D eigenvalue weighted by Gasteiger charge is 2.26. The molecule has 294 valence electrons. The van der Waals surface area contributed by atoms with Crippen molar-refractivity contribution in [3.63, 3.8) is 0 Å². The smallest absolute Gasteiger partial charge is 0.389 e. The van der Waals surface area contributed by atoms with Crippen LogP contribution < -0.4 is 4.74 Å². The van der Waals surface area contributed by atoms with Crippen LogP contribution in [-0.2, 0) is 6.42 Å². The van der Waals surface area contributed by atoms with Gasteiger partial charge in [-0.1, -0.05) is 196 Å². The predicted octanol–water partition coefficient (Wildman–Crippen LogP) is 16.6. The Balaban J connectivity index is 0.920. The summed E-state index contributed by atoms with van der Waals surface area (Å²) in [7, 11) is 0. The normalized spacial score (nSPS) is 12.3. The molecule has 0 fully saturated rings. The summed E-state index contributed by atoms with van der Waals surface area (Å²) in [6, 6.07) is 19.9. The lowest BCUT2D eigenvalue weighted by Gasteiger charge is -2.19. The van der Waals surface area contributed by atoms with Crippen LogP contribution >= 0.6 is 0 Å². The number of fused-ring (bicyclic) bond motifs is 3.